The highest BCUT2D eigenvalue weighted by Crippen LogP contribution is 2.40. The number of para-hydroxylation sites is 1. The fraction of sp³-hybridized carbons (Fsp3) is 0.545. The molecule has 66 heavy (non-hydrogen) atoms. The van der Waals surface area contributed by atoms with Crippen molar-refractivity contribution in [3.63, 3.8) is 0 Å². The summed E-state index contributed by atoms with van der Waals surface area (Å²) < 4.78 is 91.8. The number of carbonyl (C=O) groups excluding carboxylic acids is 5. The molecule has 15 nitrogen and oxygen atoms in total. The van der Waals surface area contributed by atoms with Gasteiger partial charge >= 0.3 is 12.4 Å². The van der Waals surface area contributed by atoms with Crippen molar-refractivity contribution >= 4 is 40.5 Å². The number of carboxylic acid groups (broad SMARTS) is 1. The molecule has 0 spiro atoms. The summed E-state index contributed by atoms with van der Waals surface area (Å²) >= 11 is 0. The molecule has 2 aromatic carbocycles. The van der Waals surface area contributed by atoms with E-state index in [2.05, 4.69) is 36.7 Å². The Morgan fingerprint density at radius 1 is 0.909 bits per heavy atom. The van der Waals surface area contributed by atoms with Crippen molar-refractivity contribution in [2.45, 2.75) is 135 Å². The first-order valence-electron chi connectivity index (χ1n) is 21.5. The van der Waals surface area contributed by atoms with Crippen LogP contribution in [0.2, 0.25) is 0 Å². The zero-order valence-corrected chi connectivity index (χ0v) is 37.7. The molecule has 0 fully saturated rings. The molecular formula is C44H56F7N9O6. The van der Waals surface area contributed by atoms with Crippen molar-refractivity contribution in [3.8, 4) is 0 Å². The quantitative estimate of drug-likeness (QED) is 0.0627. The maximum absolute atomic E-state index is 14.8. The molecule has 0 aliphatic heterocycles. The number of aryl methyl sites for hydroxylation is 2. The van der Waals surface area contributed by atoms with Crippen LogP contribution in [-0.4, -0.2) is 80.0 Å². The van der Waals surface area contributed by atoms with E-state index in [0.29, 0.717) is 37.1 Å². The molecule has 5 N–H and O–H groups in total. The summed E-state index contributed by atoms with van der Waals surface area (Å²) in [5, 5.41) is 28.8. The number of benzene rings is 2. The predicted molar refractivity (Wildman–Crippen MR) is 223 cm³/mol. The number of nitrogens with zero attached hydrogens (tertiary/aromatic N) is 4. The molecule has 2 heterocycles. The van der Waals surface area contributed by atoms with Crippen LogP contribution in [0.1, 0.15) is 96.5 Å². The monoisotopic (exact) mass is 939 g/mol. The topological polar surface area (TPSA) is 207 Å². The highest BCUT2D eigenvalue weighted by atomic mass is 19.4. The summed E-state index contributed by atoms with van der Waals surface area (Å²) in [4.78, 5) is 68.0. The van der Waals surface area contributed by atoms with Crippen molar-refractivity contribution in [1.82, 2.24) is 41.4 Å². The number of alkyl halides is 6. The van der Waals surface area contributed by atoms with E-state index in [1.165, 1.54) is 30.3 Å². The first-order valence-corrected chi connectivity index (χ1v) is 21.5. The Labute approximate surface area is 376 Å². The highest BCUT2D eigenvalue weighted by Gasteiger charge is 2.47. The number of carbonyl (C=O) groups is 5. The van der Waals surface area contributed by atoms with E-state index in [-0.39, 0.29) is 60.2 Å². The number of amides is 4. The van der Waals surface area contributed by atoms with Gasteiger partial charge in [0.2, 0.25) is 30.0 Å². The van der Waals surface area contributed by atoms with Crippen LogP contribution in [0.3, 0.4) is 0 Å². The standard InChI is InChI=1S/C42H55F4N9O4.C2HF3O2/c1-8-25(3)34(37(57)47-20-13-21-54-24-55(53-52-54)40(5,6)7)50-39(59)41(19-18-32-29(23-41)28-15-12-16-30(36(28)48-32)42(44,45)46)51-38(58)35(26(4)9-2)49-33(56)22-27-14-10-11-17-31(27)43;3-2(4,5)1(6)7/h10-12,14-17,24-26,34-35,48H,8-9,13,18-23H2,1-7H3,(H3-,47,49,50,51,56,57,58,59);(H,6,7)/t25?,26?,34-,35-,41+;/m0./s1. The minimum atomic E-state index is -5.19. The van der Waals surface area contributed by atoms with Gasteiger partial charge in [-0.2, -0.15) is 26.3 Å². The van der Waals surface area contributed by atoms with E-state index in [1.807, 2.05) is 41.5 Å². The Morgan fingerprint density at radius 2 is 1.53 bits per heavy atom. The number of fused-ring (bicyclic) bond motifs is 3. The third-order valence-corrected chi connectivity index (χ3v) is 11.6. The molecule has 0 bridgehead atoms. The highest BCUT2D eigenvalue weighted by molar-refractivity contribution is 5.99. The second-order valence-corrected chi connectivity index (χ2v) is 17.5. The van der Waals surface area contributed by atoms with E-state index in [1.54, 1.807) is 28.7 Å². The summed E-state index contributed by atoms with van der Waals surface area (Å²) in [5.41, 5.74) is -1.90. The van der Waals surface area contributed by atoms with Crippen LogP contribution in [0.4, 0.5) is 30.7 Å². The molecule has 1 aliphatic carbocycles. The molecule has 2 unspecified atom stereocenters. The minimum absolute atomic E-state index is 0.0243. The number of carboxylic acids is 1. The Bertz CT molecular complexity index is 2360. The number of rotatable bonds is 16. The molecule has 0 radical (unpaired) electrons. The summed E-state index contributed by atoms with van der Waals surface area (Å²) in [6, 6.07) is 7.45. The molecule has 1 aliphatic rings. The van der Waals surface area contributed by atoms with E-state index >= 15 is 0 Å². The molecule has 362 valence electrons. The van der Waals surface area contributed by atoms with Gasteiger partial charge in [-0.3, -0.25) is 19.2 Å². The van der Waals surface area contributed by atoms with Gasteiger partial charge in [-0.1, -0.05) is 75.6 Å². The Kier molecular flexibility index (Phi) is 17.1. The molecule has 2 aromatic heterocycles. The molecule has 4 amide bonds. The van der Waals surface area contributed by atoms with Crippen LogP contribution in [0.5, 0.6) is 0 Å². The molecule has 5 rings (SSSR count). The lowest BCUT2D eigenvalue weighted by atomic mass is 9.78. The number of aliphatic carboxylic acids is 1. The van der Waals surface area contributed by atoms with Crippen molar-refractivity contribution in [2.24, 2.45) is 11.8 Å². The number of H-pyrrole nitrogens is 1. The largest absolute Gasteiger partial charge is 0.542 e. The number of halogens is 7. The molecular weight excluding hydrogens is 884 g/mol. The van der Waals surface area contributed by atoms with Crippen LogP contribution in [0, 0.1) is 17.7 Å². The maximum atomic E-state index is 14.8. The van der Waals surface area contributed by atoms with Crippen LogP contribution < -0.4 is 31.1 Å². The lowest BCUT2D eigenvalue weighted by Gasteiger charge is -2.39. The lowest BCUT2D eigenvalue weighted by Crippen LogP contribution is -2.67. The number of nitrogens with one attached hydrogen (secondary N) is 5. The van der Waals surface area contributed by atoms with Gasteiger partial charge in [-0.25, -0.2) is 4.39 Å². The number of aromatic nitrogens is 5. The normalized spacial score (nSPS) is 17.0. The third kappa shape index (κ3) is 13.3. The van der Waals surface area contributed by atoms with E-state index in [4.69, 9.17) is 9.90 Å². The molecule has 0 saturated carbocycles. The van der Waals surface area contributed by atoms with Gasteiger partial charge in [0.05, 0.1) is 24.0 Å². The SMILES string of the molecule is CCC(C)[C@H](NC(=O)Cc1ccccc1F)C(=O)N[C@]1(C(=O)N[C@H](C(=O)NCCC[n+]2cn(C(C)(C)C)nn2)C(C)CC)CCc2[nH]c3c(C(F)(F)F)cccc3c2C1.O=C([O-])C(F)(F)F. The van der Waals surface area contributed by atoms with Crippen LogP contribution in [0.25, 0.3) is 10.9 Å². The summed E-state index contributed by atoms with van der Waals surface area (Å²) in [6.07, 6.45) is -7.04. The number of hydrogen-bond acceptors (Lipinski definition) is 8. The Morgan fingerprint density at radius 3 is 2.09 bits per heavy atom. The average Bonchev–Trinajstić information content (AvgIpc) is 3.88. The van der Waals surface area contributed by atoms with Crippen LogP contribution >= 0.6 is 0 Å². The molecule has 5 atom stereocenters. The van der Waals surface area contributed by atoms with Gasteiger partial charge in [-0.15, -0.1) is 4.68 Å². The number of tetrazole rings is 1. The van der Waals surface area contributed by atoms with Gasteiger partial charge in [0.1, 0.15) is 40.2 Å². The second-order valence-electron chi connectivity index (χ2n) is 17.5. The van der Waals surface area contributed by atoms with E-state index in [0.717, 1.165) is 6.07 Å². The van der Waals surface area contributed by atoms with Crippen molar-refractivity contribution in [3.05, 3.63) is 77.0 Å². The molecule has 22 heteroatoms. The van der Waals surface area contributed by atoms with E-state index < -0.39 is 76.9 Å². The number of aromatic amines is 1. The summed E-state index contributed by atoms with van der Waals surface area (Å²) in [5.74, 6) is -6.79. The fourth-order valence-corrected chi connectivity index (χ4v) is 7.34. The molecule has 4 aromatic rings. The Hall–Kier alpha value is -6.09. The third-order valence-electron chi connectivity index (χ3n) is 11.6. The lowest BCUT2D eigenvalue weighted by molar-refractivity contribution is -0.755. The first-order chi connectivity index (χ1) is 30.7. The van der Waals surface area contributed by atoms with Gasteiger partial charge in [0.25, 0.3) is 0 Å². The Balaban J connectivity index is 0.00000126. The summed E-state index contributed by atoms with van der Waals surface area (Å²) in [7, 11) is 0. The fourth-order valence-electron chi connectivity index (χ4n) is 7.34. The molecule has 0 saturated heterocycles. The van der Waals surface area contributed by atoms with Crippen LogP contribution in [-0.2, 0) is 61.5 Å². The van der Waals surface area contributed by atoms with Gasteiger partial charge in [-0.05, 0) is 75.1 Å². The first kappa shape index (κ1) is 52.5. The van der Waals surface area contributed by atoms with Gasteiger partial charge in [0, 0.05) is 24.0 Å². The van der Waals surface area contributed by atoms with Gasteiger partial charge < -0.3 is 36.2 Å². The zero-order chi connectivity index (χ0) is 49.4. The van der Waals surface area contributed by atoms with Crippen molar-refractivity contribution in [2.75, 3.05) is 6.54 Å². The number of hydrogen-bond donors (Lipinski definition) is 5. The maximum Gasteiger partial charge on any atom is 0.430 e. The van der Waals surface area contributed by atoms with Crippen LogP contribution in [0.15, 0.2) is 48.8 Å². The zero-order valence-electron chi connectivity index (χ0n) is 37.7. The van der Waals surface area contributed by atoms with E-state index in [9.17, 15) is 49.9 Å². The summed E-state index contributed by atoms with van der Waals surface area (Å²) in [6.45, 7) is 14.0. The average molecular weight is 940 g/mol. The smallest absolute Gasteiger partial charge is 0.430 e. The van der Waals surface area contributed by atoms with Crippen molar-refractivity contribution < 1.29 is 64.5 Å². The van der Waals surface area contributed by atoms with Gasteiger partial charge in [0.15, 0.2) is 5.21 Å². The van der Waals surface area contributed by atoms with Crippen molar-refractivity contribution in [1.29, 1.82) is 0 Å². The second kappa shape index (κ2) is 21.5. The minimum Gasteiger partial charge on any atom is -0.542 e. The predicted octanol–water partition coefficient (Wildman–Crippen LogP) is 4.11.